The first-order valence-corrected chi connectivity index (χ1v) is 9.04. The molecule has 0 saturated carbocycles. The van der Waals surface area contributed by atoms with E-state index in [1.165, 1.54) is 5.82 Å². The van der Waals surface area contributed by atoms with E-state index in [0.29, 0.717) is 19.8 Å². The Bertz CT molecular complexity index is 340. The van der Waals surface area contributed by atoms with Crippen molar-refractivity contribution in [3.8, 4) is 0 Å². The Morgan fingerprint density at radius 3 is 2.11 bits per heavy atom. The van der Waals surface area contributed by atoms with Crippen molar-refractivity contribution in [3.63, 3.8) is 0 Å². The molecule has 0 aliphatic heterocycles. The van der Waals surface area contributed by atoms with Crippen LogP contribution in [0.4, 0.5) is 0 Å². The molecule has 0 fully saturated rings. The lowest BCUT2D eigenvalue weighted by molar-refractivity contribution is -0.677. The van der Waals surface area contributed by atoms with Gasteiger partial charge in [-0.2, -0.15) is 0 Å². The van der Waals surface area contributed by atoms with Crippen LogP contribution in [0.25, 0.3) is 0 Å². The van der Waals surface area contributed by atoms with Crippen LogP contribution in [-0.2, 0) is 26.7 Å². The molecule has 0 aromatic carbocycles. The van der Waals surface area contributed by atoms with Gasteiger partial charge in [0.15, 0.2) is 0 Å². The van der Waals surface area contributed by atoms with Crippen LogP contribution in [0, 0.1) is 0 Å². The molecule has 0 amide bonds. The van der Waals surface area contributed by atoms with Crippen LogP contribution < -0.4 is 4.57 Å². The van der Waals surface area contributed by atoms with Crippen LogP contribution >= 0.6 is 0 Å². The molecular formula is C13H27N2O3Si+. The Kier molecular flexibility index (Phi) is 7.30. The number of imidazole rings is 1. The van der Waals surface area contributed by atoms with Crippen molar-refractivity contribution >= 4 is 8.80 Å². The molecule has 0 aliphatic rings. The van der Waals surface area contributed by atoms with Gasteiger partial charge in [0.05, 0.1) is 7.05 Å². The number of nitrogens with zero attached hydrogens (tertiary/aromatic N) is 1. The number of H-pyrrole nitrogens is 1. The second-order valence-corrected chi connectivity index (χ2v) is 7.09. The standard InChI is InChI=1S/C13H26N2O3Si/c1-5-16-19(17-6-2,18-7-3)12-8-9-13-14-10-11-15(13)4/h10-11H,5-9,12H2,1-4H3/p+1. The predicted octanol–water partition coefficient (Wildman–Crippen LogP) is 1.82. The first-order valence-electron chi connectivity index (χ1n) is 7.11. The van der Waals surface area contributed by atoms with E-state index in [2.05, 4.69) is 9.55 Å². The van der Waals surface area contributed by atoms with Crippen molar-refractivity contribution in [3.05, 3.63) is 18.2 Å². The van der Waals surface area contributed by atoms with Crippen molar-refractivity contribution < 1.29 is 17.8 Å². The lowest BCUT2D eigenvalue weighted by atomic mass is 10.3. The van der Waals surface area contributed by atoms with Crippen LogP contribution in [-0.4, -0.2) is 33.6 Å². The summed E-state index contributed by atoms with van der Waals surface area (Å²) in [6.45, 7) is 7.90. The molecule has 1 aromatic heterocycles. The first-order chi connectivity index (χ1) is 9.17. The van der Waals surface area contributed by atoms with Crippen molar-refractivity contribution in [2.75, 3.05) is 19.8 Å². The summed E-state index contributed by atoms with van der Waals surface area (Å²) in [6, 6.07) is 0.863. The number of nitrogens with one attached hydrogen (secondary N) is 1. The van der Waals surface area contributed by atoms with Gasteiger partial charge in [-0.15, -0.1) is 0 Å². The summed E-state index contributed by atoms with van der Waals surface area (Å²) < 4.78 is 19.6. The van der Waals surface area contributed by atoms with Gasteiger partial charge in [0, 0.05) is 32.3 Å². The van der Waals surface area contributed by atoms with E-state index in [4.69, 9.17) is 13.3 Å². The van der Waals surface area contributed by atoms with E-state index in [-0.39, 0.29) is 0 Å². The Hall–Kier alpha value is -0.693. The van der Waals surface area contributed by atoms with E-state index in [0.717, 1.165) is 18.9 Å². The number of aryl methyl sites for hydroxylation is 2. The topological polar surface area (TPSA) is 47.4 Å². The molecule has 0 atom stereocenters. The first kappa shape index (κ1) is 16.4. The van der Waals surface area contributed by atoms with Crippen molar-refractivity contribution in [1.82, 2.24) is 4.98 Å². The van der Waals surface area contributed by atoms with Gasteiger partial charge in [0.1, 0.15) is 12.4 Å². The highest BCUT2D eigenvalue weighted by Crippen LogP contribution is 2.19. The fourth-order valence-corrected chi connectivity index (χ4v) is 4.77. The Morgan fingerprint density at radius 1 is 1.11 bits per heavy atom. The van der Waals surface area contributed by atoms with Gasteiger partial charge in [0.2, 0.25) is 0 Å². The van der Waals surface area contributed by atoms with Crippen LogP contribution in [0.2, 0.25) is 6.04 Å². The summed E-state index contributed by atoms with van der Waals surface area (Å²) in [7, 11) is -0.424. The van der Waals surface area contributed by atoms with Gasteiger partial charge in [-0.25, -0.2) is 9.55 Å². The Morgan fingerprint density at radius 2 is 1.68 bits per heavy atom. The third kappa shape index (κ3) is 5.06. The molecule has 1 aromatic rings. The molecule has 5 nitrogen and oxygen atoms in total. The number of hydrogen-bond donors (Lipinski definition) is 1. The van der Waals surface area contributed by atoms with E-state index in [9.17, 15) is 0 Å². The molecular weight excluding hydrogens is 260 g/mol. The lowest BCUT2D eigenvalue weighted by Gasteiger charge is -2.28. The van der Waals surface area contributed by atoms with Gasteiger partial charge in [-0.3, -0.25) is 0 Å². The maximum Gasteiger partial charge on any atom is 0.500 e. The second kappa shape index (κ2) is 8.47. The fourth-order valence-electron chi connectivity index (χ4n) is 2.16. The predicted molar refractivity (Wildman–Crippen MR) is 75.7 cm³/mol. The summed E-state index contributed by atoms with van der Waals surface area (Å²) in [6.07, 6.45) is 5.95. The van der Waals surface area contributed by atoms with Crippen molar-refractivity contribution in [2.24, 2.45) is 7.05 Å². The summed E-state index contributed by atoms with van der Waals surface area (Å²) in [5.41, 5.74) is 0. The minimum atomic E-state index is -2.47. The molecule has 0 bridgehead atoms. The van der Waals surface area contributed by atoms with Gasteiger partial charge >= 0.3 is 8.80 Å². The molecule has 0 radical (unpaired) electrons. The van der Waals surface area contributed by atoms with Crippen LogP contribution in [0.5, 0.6) is 0 Å². The second-order valence-electron chi connectivity index (χ2n) is 4.35. The number of rotatable bonds is 10. The summed E-state index contributed by atoms with van der Waals surface area (Å²) >= 11 is 0. The third-order valence-corrected chi connectivity index (χ3v) is 6.11. The summed E-state index contributed by atoms with van der Waals surface area (Å²) in [5, 5.41) is 0. The normalized spacial score (nSPS) is 12.0. The zero-order valence-corrected chi connectivity index (χ0v) is 13.6. The zero-order valence-electron chi connectivity index (χ0n) is 12.6. The lowest BCUT2D eigenvalue weighted by Crippen LogP contribution is -2.46. The quantitative estimate of drug-likeness (QED) is 0.527. The highest BCUT2D eigenvalue weighted by Gasteiger charge is 2.39. The minimum absolute atomic E-state index is 0.641. The van der Waals surface area contributed by atoms with Crippen LogP contribution in [0.3, 0.4) is 0 Å². The summed E-state index contributed by atoms with van der Waals surface area (Å²) in [5.74, 6) is 1.22. The van der Waals surface area contributed by atoms with Crippen LogP contribution in [0.1, 0.15) is 33.0 Å². The van der Waals surface area contributed by atoms with Crippen molar-refractivity contribution in [2.45, 2.75) is 39.7 Å². The monoisotopic (exact) mass is 287 g/mol. The van der Waals surface area contributed by atoms with Gasteiger partial charge in [-0.1, -0.05) is 0 Å². The number of hydrogen-bond acceptors (Lipinski definition) is 3. The third-order valence-electron chi connectivity index (χ3n) is 2.96. The largest absolute Gasteiger partial charge is 0.500 e. The molecule has 1 N–H and O–H groups in total. The average Bonchev–Trinajstić information content (AvgIpc) is 2.76. The molecule has 0 spiro atoms. The number of aromatic amines is 1. The van der Waals surface area contributed by atoms with E-state index in [1.54, 1.807) is 0 Å². The highest BCUT2D eigenvalue weighted by atomic mass is 28.4. The highest BCUT2D eigenvalue weighted by molar-refractivity contribution is 6.60. The van der Waals surface area contributed by atoms with E-state index >= 15 is 0 Å². The molecule has 0 unspecified atom stereocenters. The van der Waals surface area contributed by atoms with Gasteiger partial charge in [0.25, 0.3) is 5.82 Å². The van der Waals surface area contributed by atoms with E-state index in [1.807, 2.05) is 40.2 Å². The molecule has 19 heavy (non-hydrogen) atoms. The van der Waals surface area contributed by atoms with Crippen molar-refractivity contribution in [1.29, 1.82) is 0 Å². The van der Waals surface area contributed by atoms with Gasteiger partial charge in [-0.05, 0) is 27.2 Å². The van der Waals surface area contributed by atoms with Crippen LogP contribution in [0.15, 0.2) is 12.4 Å². The molecule has 1 rings (SSSR count). The number of aromatic nitrogens is 2. The van der Waals surface area contributed by atoms with Gasteiger partial charge < -0.3 is 13.3 Å². The summed E-state index contributed by atoms with van der Waals surface area (Å²) in [4.78, 5) is 3.24. The maximum atomic E-state index is 5.84. The molecule has 0 aliphatic carbocycles. The zero-order chi connectivity index (χ0) is 14.1. The Balaban J connectivity index is 2.53. The average molecular weight is 287 g/mol. The smallest absolute Gasteiger partial charge is 0.374 e. The van der Waals surface area contributed by atoms with E-state index < -0.39 is 8.80 Å². The molecule has 110 valence electrons. The molecule has 6 heteroatoms. The SMILES string of the molecule is CCO[Si](CCCc1[nH]cc[n+]1C)(OCC)OCC. The maximum absolute atomic E-state index is 5.84. The molecule has 0 saturated heterocycles. The Labute approximate surface area is 117 Å². The fraction of sp³-hybridized carbons (Fsp3) is 0.769. The minimum Gasteiger partial charge on any atom is -0.374 e. The molecule has 1 heterocycles.